The third-order valence-electron chi connectivity index (χ3n) is 4.46. The van der Waals surface area contributed by atoms with Gasteiger partial charge in [-0.25, -0.2) is 4.39 Å². The van der Waals surface area contributed by atoms with E-state index in [1.807, 2.05) is 5.32 Å². The second-order valence-electron chi connectivity index (χ2n) is 6.57. The number of hydrogen-bond acceptors (Lipinski definition) is 9. The van der Waals surface area contributed by atoms with Crippen LogP contribution in [0.5, 0.6) is 17.2 Å². The number of amides is 1. The lowest BCUT2D eigenvalue weighted by Crippen LogP contribution is -2.49. The number of nitrogens with one attached hydrogen (secondary N) is 2. The number of carbonyl (C=O) groups excluding carboxylic acids is 1. The Morgan fingerprint density at radius 1 is 1.25 bits per heavy atom. The number of primary amides is 1. The standard InChI is InChI=1S/C19H16ClFN4O6S/c1-30-14-7-11-8(6-9(14)17(22)26)12(4-5-23-11)31-13-3-2-10-16(15(13)21)32(20)18(24-10)25-19(27,28)29/h2-7,24-25,27-29H,1H3,(H2,22,26). The van der Waals surface area contributed by atoms with Gasteiger partial charge in [-0.05, 0) is 44.6 Å². The fourth-order valence-electron chi connectivity index (χ4n) is 3.11. The van der Waals surface area contributed by atoms with E-state index in [0.29, 0.717) is 10.9 Å². The molecule has 13 heteroatoms. The fourth-order valence-corrected chi connectivity index (χ4v) is 4.99. The van der Waals surface area contributed by atoms with Crippen molar-refractivity contribution in [3.63, 3.8) is 0 Å². The molecule has 2 heterocycles. The highest BCUT2D eigenvalue weighted by atomic mass is 35.7. The lowest BCUT2D eigenvalue weighted by atomic mass is 10.1. The van der Waals surface area contributed by atoms with Gasteiger partial charge in [-0.2, -0.15) is 5.32 Å². The Bertz CT molecular complexity index is 1300. The van der Waals surface area contributed by atoms with E-state index < -0.39 is 27.5 Å². The first-order chi connectivity index (χ1) is 15.1. The highest BCUT2D eigenvalue weighted by molar-refractivity contribution is 8.35. The maximum Gasteiger partial charge on any atom is 0.348 e. The first kappa shape index (κ1) is 22.2. The van der Waals surface area contributed by atoms with Gasteiger partial charge in [-0.1, -0.05) is 0 Å². The smallest absolute Gasteiger partial charge is 0.348 e. The van der Waals surface area contributed by atoms with Gasteiger partial charge in [0.25, 0.3) is 5.91 Å². The number of fused-ring (bicyclic) bond motifs is 2. The maximum atomic E-state index is 15.3. The molecule has 10 nitrogen and oxygen atoms in total. The van der Waals surface area contributed by atoms with Crippen LogP contribution in [0.25, 0.3) is 10.9 Å². The summed E-state index contributed by atoms with van der Waals surface area (Å²) in [7, 11) is 6.12. The summed E-state index contributed by atoms with van der Waals surface area (Å²) in [5.41, 5.74) is 6.20. The minimum Gasteiger partial charge on any atom is -0.496 e. The molecule has 1 atom stereocenters. The van der Waals surface area contributed by atoms with Crippen LogP contribution >= 0.6 is 20.4 Å². The minimum atomic E-state index is -3.24. The van der Waals surface area contributed by atoms with Gasteiger partial charge in [0.15, 0.2) is 11.6 Å². The van der Waals surface area contributed by atoms with Gasteiger partial charge in [0.2, 0.25) is 0 Å². The second-order valence-corrected chi connectivity index (χ2v) is 8.83. The van der Waals surface area contributed by atoms with Crippen LogP contribution in [0.15, 0.2) is 41.4 Å². The van der Waals surface area contributed by atoms with E-state index in [1.165, 1.54) is 43.6 Å². The number of aromatic nitrogens is 1. The van der Waals surface area contributed by atoms with E-state index in [9.17, 15) is 4.79 Å². The van der Waals surface area contributed by atoms with Crippen molar-refractivity contribution in [1.82, 2.24) is 10.3 Å². The second kappa shape index (κ2) is 8.16. The number of benzene rings is 2. The summed E-state index contributed by atoms with van der Waals surface area (Å²) in [4.78, 5) is 16.0. The predicted molar refractivity (Wildman–Crippen MR) is 116 cm³/mol. The Morgan fingerprint density at radius 2 is 2.00 bits per heavy atom. The van der Waals surface area contributed by atoms with Crippen LogP contribution in [0, 0.1) is 5.82 Å². The van der Waals surface area contributed by atoms with E-state index in [4.69, 9.17) is 41.2 Å². The molecule has 1 amide bonds. The molecule has 1 aliphatic heterocycles. The zero-order valence-corrected chi connectivity index (χ0v) is 17.8. The first-order valence-electron chi connectivity index (χ1n) is 8.85. The average Bonchev–Trinajstić information content (AvgIpc) is 3.03. The third kappa shape index (κ3) is 4.07. The molecule has 3 aromatic rings. The number of aliphatic hydroxyl groups is 3. The molecule has 1 aromatic heterocycles. The quantitative estimate of drug-likeness (QED) is 0.235. The molecule has 168 valence electrons. The zero-order chi connectivity index (χ0) is 23.2. The molecule has 0 fully saturated rings. The first-order valence-corrected chi connectivity index (χ1v) is 10.9. The number of nitrogens with zero attached hydrogens (tertiary/aromatic N) is 1. The maximum absolute atomic E-state index is 15.3. The van der Waals surface area contributed by atoms with Crippen molar-refractivity contribution >= 4 is 48.0 Å². The SMILES string of the molecule is COc1cc2nccc(Oc3ccc4c(c3F)S(Cl)=C(NC(O)(O)O)N4)c2cc1C(N)=O. The van der Waals surface area contributed by atoms with Crippen LogP contribution in [0.1, 0.15) is 10.4 Å². The highest BCUT2D eigenvalue weighted by Crippen LogP contribution is 2.48. The van der Waals surface area contributed by atoms with Crippen LogP contribution in [0.3, 0.4) is 0 Å². The van der Waals surface area contributed by atoms with Crippen LogP contribution in [0.4, 0.5) is 10.1 Å². The van der Waals surface area contributed by atoms with Crippen molar-refractivity contribution in [3.05, 3.63) is 47.9 Å². The summed E-state index contributed by atoms with van der Waals surface area (Å²) < 4.78 is 26.2. The topological polar surface area (TPSA) is 159 Å². The van der Waals surface area contributed by atoms with E-state index in [-0.39, 0.29) is 38.5 Å². The molecule has 2 aromatic carbocycles. The number of methoxy groups -OCH3 is 1. The normalized spacial score (nSPS) is 15.4. The molecular formula is C19H16ClFN4O6S. The van der Waals surface area contributed by atoms with Crippen molar-refractivity contribution in [2.45, 2.75) is 11.0 Å². The third-order valence-corrected chi connectivity index (χ3v) is 6.70. The molecular weight excluding hydrogens is 467 g/mol. The monoisotopic (exact) mass is 482 g/mol. The number of halogens is 2. The fraction of sp³-hybridized carbons (Fsp3) is 0.105. The van der Waals surface area contributed by atoms with Gasteiger partial charge in [0, 0.05) is 17.6 Å². The van der Waals surface area contributed by atoms with Crippen molar-refractivity contribution < 1.29 is 34.0 Å². The Kier molecular flexibility index (Phi) is 5.67. The molecule has 0 saturated carbocycles. The summed E-state index contributed by atoms with van der Waals surface area (Å²) in [6.07, 6.45) is -1.80. The van der Waals surface area contributed by atoms with Crippen molar-refractivity contribution in [2.24, 2.45) is 5.73 Å². The van der Waals surface area contributed by atoms with Gasteiger partial charge < -0.3 is 35.8 Å². The Morgan fingerprint density at radius 3 is 2.66 bits per heavy atom. The lowest BCUT2D eigenvalue weighted by molar-refractivity contribution is -0.321. The molecule has 4 rings (SSSR count). The van der Waals surface area contributed by atoms with Gasteiger partial charge in [-0.15, -0.1) is 0 Å². The molecule has 1 unspecified atom stereocenters. The van der Waals surface area contributed by atoms with Crippen LogP contribution in [-0.2, 0) is 0 Å². The van der Waals surface area contributed by atoms with Crippen LogP contribution < -0.4 is 25.8 Å². The predicted octanol–water partition coefficient (Wildman–Crippen LogP) is 1.75. The van der Waals surface area contributed by atoms with Gasteiger partial charge in [0.1, 0.15) is 16.6 Å². The summed E-state index contributed by atoms with van der Waals surface area (Å²) >= 11 is 0. The van der Waals surface area contributed by atoms with Crippen molar-refractivity contribution in [1.29, 1.82) is 0 Å². The molecule has 0 bridgehead atoms. The number of nitrogens with two attached hydrogens (primary N) is 1. The number of hydrogen-bond donors (Lipinski definition) is 6. The van der Waals surface area contributed by atoms with Gasteiger partial charge >= 0.3 is 6.10 Å². The minimum absolute atomic E-state index is 0.00577. The summed E-state index contributed by atoms with van der Waals surface area (Å²) in [5.74, 6) is -1.28. The lowest BCUT2D eigenvalue weighted by Gasteiger charge is -2.16. The number of pyridine rings is 1. The molecule has 0 aliphatic carbocycles. The Hall–Kier alpha value is -3.00. The summed E-state index contributed by atoms with van der Waals surface area (Å²) in [6, 6.07) is 7.25. The van der Waals surface area contributed by atoms with Crippen molar-refractivity contribution in [3.8, 4) is 17.2 Å². The van der Waals surface area contributed by atoms with Crippen LogP contribution in [0.2, 0.25) is 0 Å². The van der Waals surface area contributed by atoms with Gasteiger partial charge in [0.05, 0.1) is 28.8 Å². The molecule has 32 heavy (non-hydrogen) atoms. The number of rotatable bonds is 5. The molecule has 0 radical (unpaired) electrons. The number of anilines is 1. The average molecular weight is 483 g/mol. The van der Waals surface area contributed by atoms with Gasteiger partial charge in [-0.3, -0.25) is 9.78 Å². The van der Waals surface area contributed by atoms with Crippen molar-refractivity contribution in [2.75, 3.05) is 12.4 Å². The number of ether oxygens (including phenoxy) is 2. The largest absolute Gasteiger partial charge is 0.496 e. The molecule has 7 N–H and O–H groups in total. The highest BCUT2D eigenvalue weighted by Gasteiger charge is 2.30. The number of carbonyl (C=O) groups is 1. The van der Waals surface area contributed by atoms with Crippen LogP contribution in [-0.4, -0.2) is 44.5 Å². The molecule has 1 aliphatic rings. The Labute approximate surface area is 186 Å². The molecule has 0 spiro atoms. The van der Waals surface area contributed by atoms with E-state index in [2.05, 4.69) is 10.3 Å². The summed E-state index contributed by atoms with van der Waals surface area (Å²) in [5, 5.41) is 32.2. The van der Waals surface area contributed by atoms with E-state index >= 15 is 4.39 Å². The molecule has 0 saturated heterocycles. The van der Waals surface area contributed by atoms with E-state index in [0.717, 1.165) is 0 Å². The van der Waals surface area contributed by atoms with E-state index in [1.54, 1.807) is 0 Å². The Balaban J connectivity index is 1.77. The summed E-state index contributed by atoms with van der Waals surface area (Å²) in [6.45, 7) is 0. The zero-order valence-electron chi connectivity index (χ0n) is 16.2.